The Kier molecular flexibility index (Phi) is 7.24. The molecule has 0 saturated heterocycles. The number of urea groups is 1. The van der Waals surface area contributed by atoms with Crippen molar-refractivity contribution in [1.82, 2.24) is 5.01 Å². The molecule has 1 atom stereocenters. The molecule has 0 radical (unpaired) electrons. The smallest absolute Gasteiger partial charge is 0.342 e. The van der Waals surface area contributed by atoms with Crippen molar-refractivity contribution in [1.29, 1.82) is 0 Å². The van der Waals surface area contributed by atoms with Gasteiger partial charge in [-0.25, -0.2) is 9.80 Å². The van der Waals surface area contributed by atoms with Crippen LogP contribution in [-0.4, -0.2) is 16.8 Å². The van der Waals surface area contributed by atoms with Crippen molar-refractivity contribution < 1.29 is 9.53 Å². The van der Waals surface area contributed by atoms with Gasteiger partial charge in [-0.3, -0.25) is 0 Å². The summed E-state index contributed by atoms with van der Waals surface area (Å²) >= 11 is 6.09. The molecule has 0 spiro atoms. The molecule has 37 heavy (non-hydrogen) atoms. The minimum absolute atomic E-state index is 0.258. The van der Waals surface area contributed by atoms with Gasteiger partial charge in [0.05, 0.1) is 11.8 Å². The molecular formula is C31H28ClN3O2. The second-order valence-electron chi connectivity index (χ2n) is 9.31. The Bertz CT molecular complexity index is 1380. The van der Waals surface area contributed by atoms with Crippen LogP contribution in [0.2, 0.25) is 5.02 Å². The first-order valence-electron chi connectivity index (χ1n) is 12.3. The molecule has 1 aliphatic rings. The van der Waals surface area contributed by atoms with Crippen LogP contribution in [0.3, 0.4) is 0 Å². The Morgan fingerprint density at radius 1 is 0.892 bits per heavy atom. The van der Waals surface area contributed by atoms with E-state index in [1.54, 1.807) is 0 Å². The third-order valence-electron chi connectivity index (χ3n) is 6.37. The highest BCUT2D eigenvalue weighted by Gasteiger charge is 2.33. The van der Waals surface area contributed by atoms with E-state index in [2.05, 4.69) is 19.2 Å². The van der Waals surface area contributed by atoms with Crippen LogP contribution in [0.15, 0.2) is 108 Å². The van der Waals surface area contributed by atoms with Gasteiger partial charge in [0.25, 0.3) is 0 Å². The van der Waals surface area contributed by atoms with Gasteiger partial charge in [0.2, 0.25) is 0 Å². The van der Waals surface area contributed by atoms with Crippen LogP contribution in [-0.2, 0) is 0 Å². The number of hydrazone groups is 1. The Labute approximate surface area is 222 Å². The molecule has 0 aromatic heterocycles. The van der Waals surface area contributed by atoms with Crippen molar-refractivity contribution >= 4 is 29.0 Å². The molecular weight excluding hydrogens is 482 g/mol. The predicted molar refractivity (Wildman–Crippen MR) is 150 cm³/mol. The molecule has 6 heteroatoms. The van der Waals surface area contributed by atoms with Gasteiger partial charge in [-0.15, -0.1) is 0 Å². The summed E-state index contributed by atoms with van der Waals surface area (Å²) in [6.07, 6.45) is 0.584. The van der Waals surface area contributed by atoms with Crippen molar-refractivity contribution in [2.75, 3.05) is 5.32 Å². The Morgan fingerprint density at radius 3 is 2.19 bits per heavy atom. The topological polar surface area (TPSA) is 53.9 Å². The zero-order chi connectivity index (χ0) is 25.8. The summed E-state index contributed by atoms with van der Waals surface area (Å²) < 4.78 is 5.94. The molecule has 0 fully saturated rings. The lowest BCUT2D eigenvalue weighted by atomic mass is 9.98. The van der Waals surface area contributed by atoms with Crippen molar-refractivity contribution in [2.45, 2.75) is 32.2 Å². The summed E-state index contributed by atoms with van der Waals surface area (Å²) in [4.78, 5) is 13.4. The number of hydrogen-bond acceptors (Lipinski definition) is 3. The molecule has 4 aromatic carbocycles. The second kappa shape index (κ2) is 10.9. The molecule has 1 unspecified atom stereocenters. The van der Waals surface area contributed by atoms with Gasteiger partial charge in [0.1, 0.15) is 11.5 Å². The van der Waals surface area contributed by atoms with Crippen LogP contribution in [0.25, 0.3) is 0 Å². The standard InChI is InChI=1S/C31H28ClN3O2/c1-21(2)22-10-16-26(17-11-22)33-31(36)35-30(20-29(34-35)23-8-14-25(32)15-9-23)24-12-18-28(19-13-24)37-27-6-4-3-5-7-27/h3-19,21,30H,20H2,1-2H3,(H,33,36). The molecule has 0 saturated carbocycles. The van der Waals surface area contributed by atoms with Gasteiger partial charge < -0.3 is 10.1 Å². The van der Waals surface area contributed by atoms with Gasteiger partial charge in [0, 0.05) is 17.1 Å². The van der Waals surface area contributed by atoms with Crippen LogP contribution >= 0.6 is 11.6 Å². The first-order valence-corrected chi connectivity index (χ1v) is 12.7. The van der Waals surface area contributed by atoms with Gasteiger partial charge in [0.15, 0.2) is 0 Å². The first-order chi connectivity index (χ1) is 18.0. The van der Waals surface area contributed by atoms with Crippen LogP contribution in [0.1, 0.15) is 48.9 Å². The van der Waals surface area contributed by atoms with E-state index in [1.165, 1.54) is 10.6 Å². The normalized spacial score (nSPS) is 15.0. The fourth-order valence-corrected chi connectivity index (χ4v) is 4.41. The zero-order valence-electron chi connectivity index (χ0n) is 20.8. The number of para-hydroxylation sites is 1. The molecule has 4 aromatic rings. The fraction of sp³-hybridized carbons (Fsp3) is 0.161. The van der Waals surface area contributed by atoms with E-state index in [9.17, 15) is 4.79 Å². The molecule has 0 bridgehead atoms. The van der Waals surface area contributed by atoms with E-state index in [0.29, 0.717) is 17.4 Å². The Balaban J connectivity index is 1.39. The van der Waals surface area contributed by atoms with Crippen molar-refractivity contribution in [3.8, 4) is 11.5 Å². The highest BCUT2D eigenvalue weighted by molar-refractivity contribution is 6.30. The SMILES string of the molecule is CC(C)c1ccc(NC(=O)N2N=C(c3ccc(Cl)cc3)CC2c2ccc(Oc3ccccc3)cc2)cc1. The van der Waals surface area contributed by atoms with Crippen LogP contribution in [0, 0.1) is 0 Å². The number of rotatable bonds is 6. The van der Waals surface area contributed by atoms with Gasteiger partial charge >= 0.3 is 6.03 Å². The lowest BCUT2D eigenvalue weighted by Crippen LogP contribution is -2.31. The van der Waals surface area contributed by atoms with E-state index in [4.69, 9.17) is 21.4 Å². The number of nitrogens with zero attached hydrogens (tertiary/aromatic N) is 2. The van der Waals surface area contributed by atoms with Crippen molar-refractivity contribution in [3.63, 3.8) is 0 Å². The quantitative estimate of drug-likeness (QED) is 0.283. The number of halogens is 1. The lowest BCUT2D eigenvalue weighted by Gasteiger charge is -2.22. The summed E-state index contributed by atoms with van der Waals surface area (Å²) in [5.74, 6) is 1.93. The van der Waals surface area contributed by atoms with Crippen LogP contribution in [0.5, 0.6) is 11.5 Å². The Hall–Kier alpha value is -4.09. The average Bonchev–Trinajstić information content (AvgIpc) is 3.36. The average molecular weight is 510 g/mol. The van der Waals surface area contributed by atoms with Crippen molar-refractivity contribution in [2.24, 2.45) is 5.10 Å². The zero-order valence-corrected chi connectivity index (χ0v) is 21.5. The number of carbonyl (C=O) groups is 1. The molecule has 1 N–H and O–H groups in total. The predicted octanol–water partition coefficient (Wildman–Crippen LogP) is 8.64. The van der Waals surface area contributed by atoms with E-state index in [0.717, 1.165) is 34.0 Å². The van der Waals surface area contributed by atoms with Gasteiger partial charge in [-0.2, -0.15) is 5.10 Å². The summed E-state index contributed by atoms with van der Waals surface area (Å²) in [6.45, 7) is 4.29. The van der Waals surface area contributed by atoms with Crippen LogP contribution < -0.4 is 10.1 Å². The number of nitrogens with one attached hydrogen (secondary N) is 1. The van der Waals surface area contributed by atoms with Gasteiger partial charge in [-0.1, -0.05) is 80.0 Å². The molecule has 186 valence electrons. The second-order valence-corrected chi connectivity index (χ2v) is 9.75. The largest absolute Gasteiger partial charge is 0.457 e. The van der Waals surface area contributed by atoms with Crippen molar-refractivity contribution in [3.05, 3.63) is 125 Å². The molecule has 5 rings (SSSR count). The number of ether oxygens (including phenoxy) is 1. The van der Waals surface area contributed by atoms with E-state index >= 15 is 0 Å². The van der Waals surface area contributed by atoms with E-state index in [-0.39, 0.29) is 12.1 Å². The van der Waals surface area contributed by atoms with Gasteiger partial charge in [-0.05, 0) is 71.1 Å². The molecule has 2 amide bonds. The summed E-state index contributed by atoms with van der Waals surface area (Å²) in [7, 11) is 0. The number of amides is 2. The van der Waals surface area contributed by atoms with E-state index in [1.807, 2.05) is 103 Å². The summed E-state index contributed by atoms with van der Waals surface area (Å²) in [6, 6.07) is 32.4. The third kappa shape index (κ3) is 5.84. The number of anilines is 1. The molecule has 5 nitrogen and oxygen atoms in total. The number of carbonyl (C=O) groups excluding carboxylic acids is 1. The van der Waals surface area contributed by atoms with E-state index < -0.39 is 0 Å². The number of hydrogen-bond donors (Lipinski definition) is 1. The maximum atomic E-state index is 13.4. The highest BCUT2D eigenvalue weighted by atomic mass is 35.5. The van der Waals surface area contributed by atoms with Crippen LogP contribution in [0.4, 0.5) is 10.5 Å². The lowest BCUT2D eigenvalue weighted by molar-refractivity contribution is 0.200. The minimum Gasteiger partial charge on any atom is -0.457 e. The maximum Gasteiger partial charge on any atom is 0.342 e. The molecule has 1 aliphatic heterocycles. The summed E-state index contributed by atoms with van der Waals surface area (Å²) in [5.41, 5.74) is 4.69. The molecule has 1 heterocycles. The number of benzene rings is 4. The Morgan fingerprint density at radius 2 is 1.54 bits per heavy atom. The minimum atomic E-state index is -0.282. The maximum absolute atomic E-state index is 13.4. The molecule has 0 aliphatic carbocycles. The monoisotopic (exact) mass is 509 g/mol. The third-order valence-corrected chi connectivity index (χ3v) is 6.62. The summed E-state index contributed by atoms with van der Waals surface area (Å²) in [5, 5.41) is 9.95. The first kappa shape index (κ1) is 24.6. The fourth-order valence-electron chi connectivity index (χ4n) is 4.29. The highest BCUT2D eigenvalue weighted by Crippen LogP contribution is 2.35.